The predicted molar refractivity (Wildman–Crippen MR) is 102 cm³/mol. The number of methoxy groups -OCH3 is 2. The van der Waals surface area contributed by atoms with E-state index in [0.717, 1.165) is 0 Å². The van der Waals surface area contributed by atoms with Crippen LogP contribution in [0.2, 0.25) is 0 Å². The van der Waals surface area contributed by atoms with Gasteiger partial charge in [-0.25, -0.2) is 13.1 Å². The van der Waals surface area contributed by atoms with E-state index in [2.05, 4.69) is 4.72 Å². The van der Waals surface area contributed by atoms with Crippen LogP contribution < -0.4 is 19.9 Å². The minimum atomic E-state index is -3.73. The van der Waals surface area contributed by atoms with Crippen LogP contribution in [0.15, 0.2) is 59.5 Å². The number of hydrogen-bond donors (Lipinski definition) is 2. The van der Waals surface area contributed by atoms with Gasteiger partial charge in [0.15, 0.2) is 0 Å². The van der Waals surface area contributed by atoms with Crippen molar-refractivity contribution in [1.82, 2.24) is 4.72 Å². The Bertz CT molecular complexity index is 1050. The van der Waals surface area contributed by atoms with Crippen molar-refractivity contribution in [3.8, 4) is 11.5 Å². The molecule has 0 aromatic heterocycles. The van der Waals surface area contributed by atoms with E-state index in [-0.39, 0.29) is 11.4 Å². The van der Waals surface area contributed by atoms with Crippen LogP contribution in [0.3, 0.4) is 0 Å². The maximum absolute atomic E-state index is 12.8. The summed E-state index contributed by atoms with van der Waals surface area (Å²) in [6.07, 6.45) is 0. The molecule has 26 heavy (non-hydrogen) atoms. The summed E-state index contributed by atoms with van der Waals surface area (Å²) in [5, 5.41) is 1.29. The van der Waals surface area contributed by atoms with Gasteiger partial charge in [-0.15, -0.1) is 0 Å². The van der Waals surface area contributed by atoms with Crippen LogP contribution in [0, 0.1) is 0 Å². The Morgan fingerprint density at radius 2 is 1.69 bits per heavy atom. The number of nitrogens with two attached hydrogens (primary N) is 1. The topological polar surface area (TPSA) is 90.7 Å². The van der Waals surface area contributed by atoms with Gasteiger partial charge in [0.1, 0.15) is 11.5 Å². The Morgan fingerprint density at radius 1 is 0.962 bits per heavy atom. The number of nitrogens with one attached hydrogen (secondary N) is 1. The van der Waals surface area contributed by atoms with Crippen LogP contribution >= 0.6 is 0 Å². The van der Waals surface area contributed by atoms with Crippen LogP contribution in [-0.4, -0.2) is 22.6 Å². The highest BCUT2D eigenvalue weighted by atomic mass is 32.2. The van der Waals surface area contributed by atoms with Crippen LogP contribution in [-0.2, 0) is 16.6 Å². The largest absolute Gasteiger partial charge is 0.497 e. The number of ether oxygens (including phenoxy) is 2. The molecule has 3 rings (SSSR count). The van der Waals surface area contributed by atoms with Crippen LogP contribution in [0.5, 0.6) is 11.5 Å². The Kier molecular flexibility index (Phi) is 5.01. The summed E-state index contributed by atoms with van der Waals surface area (Å²) >= 11 is 0. The average Bonchev–Trinajstić information content (AvgIpc) is 2.66. The first-order chi connectivity index (χ1) is 12.5. The SMILES string of the molecule is COc1ccc(CNS(=O)(=O)c2cccc3c(N)cccc23)c(OC)c1. The van der Waals surface area contributed by atoms with E-state index in [9.17, 15) is 8.42 Å². The maximum atomic E-state index is 12.8. The van der Waals surface area contributed by atoms with Crippen molar-refractivity contribution in [2.24, 2.45) is 0 Å². The van der Waals surface area contributed by atoms with Gasteiger partial charge in [0.2, 0.25) is 10.0 Å². The minimum Gasteiger partial charge on any atom is -0.497 e. The molecule has 0 spiro atoms. The third-order valence-electron chi connectivity index (χ3n) is 4.15. The summed E-state index contributed by atoms with van der Waals surface area (Å²) in [6.45, 7) is 0.0915. The smallest absolute Gasteiger partial charge is 0.241 e. The summed E-state index contributed by atoms with van der Waals surface area (Å²) in [5.41, 5.74) is 7.20. The molecular weight excluding hydrogens is 352 g/mol. The summed E-state index contributed by atoms with van der Waals surface area (Å²) < 4.78 is 38.8. The number of sulfonamides is 1. The Hall–Kier alpha value is -2.77. The molecule has 7 heteroatoms. The van der Waals surface area contributed by atoms with Crippen molar-refractivity contribution in [2.75, 3.05) is 20.0 Å². The molecule has 0 amide bonds. The van der Waals surface area contributed by atoms with Crippen molar-refractivity contribution < 1.29 is 17.9 Å². The van der Waals surface area contributed by atoms with Gasteiger partial charge in [-0.3, -0.25) is 0 Å². The fraction of sp³-hybridized carbons (Fsp3) is 0.158. The van der Waals surface area contributed by atoms with E-state index in [1.807, 2.05) is 0 Å². The number of nitrogen functional groups attached to an aromatic ring is 1. The normalized spacial score (nSPS) is 11.5. The van der Waals surface area contributed by atoms with E-state index in [1.54, 1.807) is 61.7 Å². The second kappa shape index (κ2) is 7.23. The standard InChI is InChI=1S/C19H20N2O4S/c1-24-14-10-9-13(18(11-14)25-2)12-21-26(22,23)19-8-4-5-15-16(19)6-3-7-17(15)20/h3-11,21H,12,20H2,1-2H3. The van der Waals surface area contributed by atoms with E-state index >= 15 is 0 Å². The second-order valence-corrected chi connectivity index (χ2v) is 7.44. The molecule has 0 saturated heterocycles. The molecule has 0 aliphatic carbocycles. The van der Waals surface area contributed by atoms with E-state index < -0.39 is 10.0 Å². The molecule has 0 radical (unpaired) electrons. The lowest BCUT2D eigenvalue weighted by Crippen LogP contribution is -2.23. The highest BCUT2D eigenvalue weighted by molar-refractivity contribution is 7.89. The van der Waals surface area contributed by atoms with Gasteiger partial charge in [0.25, 0.3) is 0 Å². The average molecular weight is 372 g/mol. The molecule has 0 aliphatic rings. The highest BCUT2D eigenvalue weighted by Gasteiger charge is 2.18. The van der Waals surface area contributed by atoms with Gasteiger partial charge >= 0.3 is 0 Å². The lowest BCUT2D eigenvalue weighted by atomic mass is 10.1. The summed E-state index contributed by atoms with van der Waals surface area (Å²) in [7, 11) is -0.648. The van der Waals surface area contributed by atoms with Gasteiger partial charge in [0, 0.05) is 34.6 Å². The fourth-order valence-electron chi connectivity index (χ4n) is 2.79. The van der Waals surface area contributed by atoms with Gasteiger partial charge in [-0.1, -0.05) is 30.3 Å². The van der Waals surface area contributed by atoms with E-state index in [4.69, 9.17) is 15.2 Å². The van der Waals surface area contributed by atoms with Crippen molar-refractivity contribution in [2.45, 2.75) is 11.4 Å². The van der Waals surface area contributed by atoms with Crippen molar-refractivity contribution in [3.63, 3.8) is 0 Å². The Labute approximate surface area is 152 Å². The Balaban J connectivity index is 1.93. The zero-order chi connectivity index (χ0) is 18.7. The number of anilines is 1. The number of benzene rings is 3. The quantitative estimate of drug-likeness (QED) is 0.649. The highest BCUT2D eigenvalue weighted by Crippen LogP contribution is 2.28. The zero-order valence-corrected chi connectivity index (χ0v) is 15.3. The molecule has 6 nitrogen and oxygen atoms in total. The van der Waals surface area contributed by atoms with E-state index in [0.29, 0.717) is 33.5 Å². The molecule has 0 heterocycles. The number of rotatable bonds is 6. The molecule has 0 atom stereocenters. The first-order valence-corrected chi connectivity index (χ1v) is 9.42. The fourth-order valence-corrected chi connectivity index (χ4v) is 4.01. The molecule has 0 unspecified atom stereocenters. The summed E-state index contributed by atoms with van der Waals surface area (Å²) in [5.74, 6) is 1.19. The summed E-state index contributed by atoms with van der Waals surface area (Å²) in [6, 6.07) is 15.5. The van der Waals surface area contributed by atoms with Gasteiger partial charge < -0.3 is 15.2 Å². The van der Waals surface area contributed by atoms with Gasteiger partial charge in [-0.2, -0.15) is 0 Å². The van der Waals surface area contributed by atoms with Crippen molar-refractivity contribution >= 4 is 26.5 Å². The molecule has 0 bridgehead atoms. The first kappa shape index (κ1) is 18.0. The Morgan fingerprint density at radius 3 is 2.42 bits per heavy atom. The maximum Gasteiger partial charge on any atom is 0.241 e. The predicted octanol–water partition coefficient (Wildman–Crippen LogP) is 2.92. The minimum absolute atomic E-state index is 0.0915. The molecule has 3 N–H and O–H groups in total. The zero-order valence-electron chi connectivity index (χ0n) is 14.5. The lowest BCUT2D eigenvalue weighted by Gasteiger charge is -2.13. The van der Waals surface area contributed by atoms with E-state index in [1.165, 1.54) is 7.11 Å². The van der Waals surface area contributed by atoms with Gasteiger partial charge in [-0.05, 0) is 18.2 Å². The first-order valence-electron chi connectivity index (χ1n) is 7.94. The molecule has 0 saturated carbocycles. The van der Waals surface area contributed by atoms with Gasteiger partial charge in [0.05, 0.1) is 19.1 Å². The number of fused-ring (bicyclic) bond motifs is 1. The molecule has 0 aliphatic heterocycles. The lowest BCUT2D eigenvalue weighted by molar-refractivity contribution is 0.390. The molecule has 136 valence electrons. The number of hydrogen-bond acceptors (Lipinski definition) is 5. The van der Waals surface area contributed by atoms with Crippen molar-refractivity contribution in [3.05, 3.63) is 60.2 Å². The van der Waals surface area contributed by atoms with Crippen molar-refractivity contribution in [1.29, 1.82) is 0 Å². The molecule has 3 aromatic rings. The molecule has 3 aromatic carbocycles. The third kappa shape index (κ3) is 3.44. The molecular formula is C19H20N2O4S. The monoisotopic (exact) mass is 372 g/mol. The van der Waals surface area contributed by atoms with Crippen LogP contribution in [0.25, 0.3) is 10.8 Å². The van der Waals surface area contributed by atoms with Crippen LogP contribution in [0.1, 0.15) is 5.56 Å². The summed E-state index contributed by atoms with van der Waals surface area (Å²) in [4.78, 5) is 0.190. The second-order valence-electron chi connectivity index (χ2n) is 5.70. The third-order valence-corrected chi connectivity index (χ3v) is 5.61. The van der Waals surface area contributed by atoms with Crippen LogP contribution in [0.4, 0.5) is 5.69 Å². The molecule has 0 fully saturated rings.